The molecule has 1 aliphatic heterocycles. The van der Waals surface area contributed by atoms with Crippen molar-refractivity contribution in [3.05, 3.63) is 0 Å². The van der Waals surface area contributed by atoms with Crippen molar-refractivity contribution in [1.29, 1.82) is 0 Å². The molecule has 1 heterocycles. The third-order valence-electron chi connectivity index (χ3n) is 3.10. The standard InChI is InChI=1S/C12H24O4/c13-10-12(14)9-11-5-3-1-2-4-7-15-16-8-6-11/h11-14H,1-10H2. The van der Waals surface area contributed by atoms with Crippen molar-refractivity contribution in [2.24, 2.45) is 5.92 Å². The first-order chi connectivity index (χ1) is 7.83. The molecule has 1 saturated heterocycles. The zero-order valence-corrected chi connectivity index (χ0v) is 9.94. The van der Waals surface area contributed by atoms with Crippen LogP contribution in [0.15, 0.2) is 0 Å². The molecule has 1 fully saturated rings. The van der Waals surface area contributed by atoms with Gasteiger partial charge in [0.25, 0.3) is 0 Å². The molecule has 0 bridgehead atoms. The van der Waals surface area contributed by atoms with Gasteiger partial charge < -0.3 is 10.2 Å². The summed E-state index contributed by atoms with van der Waals surface area (Å²) in [4.78, 5) is 10.1. The Balaban J connectivity index is 2.27. The zero-order chi connectivity index (χ0) is 11.6. The fraction of sp³-hybridized carbons (Fsp3) is 1.00. The number of hydrogen-bond donors (Lipinski definition) is 2. The van der Waals surface area contributed by atoms with Crippen molar-refractivity contribution in [1.82, 2.24) is 0 Å². The lowest BCUT2D eigenvalue weighted by Crippen LogP contribution is -2.18. The Kier molecular flexibility index (Phi) is 7.76. The number of aliphatic hydroxyl groups is 2. The van der Waals surface area contributed by atoms with Crippen LogP contribution in [0.2, 0.25) is 0 Å². The Morgan fingerprint density at radius 3 is 2.56 bits per heavy atom. The van der Waals surface area contributed by atoms with Gasteiger partial charge in [-0.1, -0.05) is 25.7 Å². The van der Waals surface area contributed by atoms with Crippen LogP contribution in [0.3, 0.4) is 0 Å². The quantitative estimate of drug-likeness (QED) is 0.726. The minimum Gasteiger partial charge on any atom is -0.394 e. The van der Waals surface area contributed by atoms with Crippen LogP contribution < -0.4 is 0 Å². The summed E-state index contributed by atoms with van der Waals surface area (Å²) in [5.41, 5.74) is 0. The van der Waals surface area contributed by atoms with Gasteiger partial charge in [0.05, 0.1) is 25.9 Å². The highest BCUT2D eigenvalue weighted by Gasteiger charge is 2.14. The topological polar surface area (TPSA) is 58.9 Å². The lowest BCUT2D eigenvalue weighted by Gasteiger charge is -2.18. The van der Waals surface area contributed by atoms with Gasteiger partial charge in [-0.2, -0.15) is 0 Å². The van der Waals surface area contributed by atoms with E-state index in [4.69, 9.17) is 14.9 Å². The molecule has 0 radical (unpaired) electrons. The van der Waals surface area contributed by atoms with Crippen molar-refractivity contribution in [3.63, 3.8) is 0 Å². The largest absolute Gasteiger partial charge is 0.394 e. The summed E-state index contributed by atoms with van der Waals surface area (Å²) in [6, 6.07) is 0. The molecule has 2 N–H and O–H groups in total. The zero-order valence-electron chi connectivity index (χ0n) is 9.94. The highest BCUT2D eigenvalue weighted by Crippen LogP contribution is 2.20. The van der Waals surface area contributed by atoms with Crippen LogP contribution in [-0.2, 0) is 9.78 Å². The molecule has 2 atom stereocenters. The van der Waals surface area contributed by atoms with Gasteiger partial charge in [0, 0.05) is 0 Å². The predicted molar refractivity (Wildman–Crippen MR) is 60.8 cm³/mol. The molecule has 1 aliphatic rings. The Labute approximate surface area is 97.5 Å². The second-order valence-electron chi connectivity index (χ2n) is 4.57. The minimum atomic E-state index is -0.587. The first-order valence-electron chi connectivity index (χ1n) is 6.36. The molecule has 96 valence electrons. The van der Waals surface area contributed by atoms with E-state index < -0.39 is 6.10 Å². The van der Waals surface area contributed by atoms with E-state index in [2.05, 4.69) is 0 Å². The van der Waals surface area contributed by atoms with E-state index in [0.717, 1.165) is 19.3 Å². The predicted octanol–water partition coefficient (Wildman–Crippen LogP) is 1.65. The maximum Gasteiger partial charge on any atom is 0.0825 e. The van der Waals surface area contributed by atoms with Crippen LogP contribution in [0.4, 0.5) is 0 Å². The summed E-state index contributed by atoms with van der Waals surface area (Å²) in [5, 5.41) is 18.3. The molecule has 0 amide bonds. The lowest BCUT2D eigenvalue weighted by atomic mass is 9.92. The van der Waals surface area contributed by atoms with Gasteiger partial charge in [-0.3, -0.25) is 0 Å². The maximum atomic E-state index is 9.43. The molecule has 4 heteroatoms. The van der Waals surface area contributed by atoms with E-state index in [1.807, 2.05) is 0 Å². The van der Waals surface area contributed by atoms with E-state index in [9.17, 15) is 5.11 Å². The Morgan fingerprint density at radius 1 is 1.00 bits per heavy atom. The Bertz CT molecular complexity index is 151. The van der Waals surface area contributed by atoms with Gasteiger partial charge in [-0.25, -0.2) is 9.78 Å². The highest BCUT2D eigenvalue weighted by molar-refractivity contribution is 4.65. The lowest BCUT2D eigenvalue weighted by molar-refractivity contribution is -0.296. The van der Waals surface area contributed by atoms with E-state index in [1.165, 1.54) is 19.3 Å². The second-order valence-corrected chi connectivity index (χ2v) is 4.57. The number of hydrogen-bond acceptors (Lipinski definition) is 4. The van der Waals surface area contributed by atoms with Crippen molar-refractivity contribution >= 4 is 0 Å². The molecular weight excluding hydrogens is 208 g/mol. The van der Waals surface area contributed by atoms with Gasteiger partial charge in [-0.15, -0.1) is 0 Å². The molecular formula is C12H24O4. The maximum absolute atomic E-state index is 9.43. The normalized spacial score (nSPS) is 27.0. The van der Waals surface area contributed by atoms with E-state index >= 15 is 0 Å². The summed E-state index contributed by atoms with van der Waals surface area (Å²) >= 11 is 0. The fourth-order valence-electron chi connectivity index (χ4n) is 2.12. The van der Waals surface area contributed by atoms with Gasteiger partial charge in [-0.05, 0) is 25.2 Å². The van der Waals surface area contributed by atoms with Crippen LogP contribution in [0.5, 0.6) is 0 Å². The Morgan fingerprint density at radius 2 is 1.75 bits per heavy atom. The number of aliphatic hydroxyl groups excluding tert-OH is 2. The smallest absolute Gasteiger partial charge is 0.0825 e. The number of rotatable bonds is 3. The highest BCUT2D eigenvalue weighted by atomic mass is 17.2. The molecule has 0 aliphatic carbocycles. The second kappa shape index (κ2) is 8.93. The fourth-order valence-corrected chi connectivity index (χ4v) is 2.12. The third kappa shape index (κ3) is 6.43. The van der Waals surface area contributed by atoms with Gasteiger partial charge in [0.15, 0.2) is 0 Å². The summed E-state index contributed by atoms with van der Waals surface area (Å²) in [7, 11) is 0. The average molecular weight is 232 g/mol. The van der Waals surface area contributed by atoms with Crippen LogP contribution in [0, 0.1) is 5.92 Å². The van der Waals surface area contributed by atoms with E-state index in [1.54, 1.807) is 0 Å². The van der Waals surface area contributed by atoms with Crippen LogP contribution in [-0.4, -0.2) is 36.1 Å². The van der Waals surface area contributed by atoms with Crippen LogP contribution in [0.1, 0.15) is 44.9 Å². The Hall–Kier alpha value is -0.160. The molecule has 0 saturated carbocycles. The molecule has 16 heavy (non-hydrogen) atoms. The monoisotopic (exact) mass is 232 g/mol. The first kappa shape index (κ1) is 13.9. The molecule has 4 nitrogen and oxygen atoms in total. The molecule has 0 aromatic carbocycles. The van der Waals surface area contributed by atoms with E-state index in [-0.39, 0.29) is 6.61 Å². The summed E-state index contributed by atoms with van der Waals surface area (Å²) < 4.78 is 0. The summed E-state index contributed by atoms with van der Waals surface area (Å²) in [6.07, 6.45) is 6.74. The van der Waals surface area contributed by atoms with Crippen LogP contribution in [0.25, 0.3) is 0 Å². The molecule has 1 rings (SSSR count). The van der Waals surface area contributed by atoms with E-state index in [0.29, 0.717) is 25.6 Å². The van der Waals surface area contributed by atoms with Crippen molar-refractivity contribution in [3.8, 4) is 0 Å². The van der Waals surface area contributed by atoms with Gasteiger partial charge in [0.1, 0.15) is 0 Å². The molecule has 0 aromatic rings. The average Bonchev–Trinajstić information content (AvgIpc) is 2.35. The van der Waals surface area contributed by atoms with Gasteiger partial charge >= 0.3 is 0 Å². The van der Waals surface area contributed by atoms with Crippen molar-refractivity contribution in [2.45, 2.75) is 51.0 Å². The third-order valence-corrected chi connectivity index (χ3v) is 3.10. The molecule has 0 aromatic heterocycles. The molecule has 2 unspecified atom stereocenters. The van der Waals surface area contributed by atoms with Crippen molar-refractivity contribution in [2.75, 3.05) is 19.8 Å². The van der Waals surface area contributed by atoms with Crippen molar-refractivity contribution < 1.29 is 20.0 Å². The summed E-state index contributed by atoms with van der Waals surface area (Å²) in [6.45, 7) is 1.13. The minimum absolute atomic E-state index is 0.145. The van der Waals surface area contributed by atoms with Crippen LogP contribution >= 0.6 is 0 Å². The first-order valence-corrected chi connectivity index (χ1v) is 6.36. The molecule has 0 spiro atoms. The SMILES string of the molecule is OCC(O)CC1CCCCCCOOCC1. The summed E-state index contributed by atoms with van der Waals surface area (Å²) in [5.74, 6) is 0.434. The van der Waals surface area contributed by atoms with Gasteiger partial charge in [0.2, 0.25) is 0 Å².